The van der Waals surface area contributed by atoms with Gasteiger partial charge in [0.1, 0.15) is 11.9 Å². The fraction of sp³-hybridized carbons (Fsp3) is 0. The lowest BCUT2D eigenvalue weighted by Crippen LogP contribution is -2.02. The van der Waals surface area contributed by atoms with Gasteiger partial charge in [0.15, 0.2) is 0 Å². The van der Waals surface area contributed by atoms with E-state index in [0.29, 0.717) is 5.69 Å². The van der Waals surface area contributed by atoms with Crippen LogP contribution in [0.2, 0.25) is 0 Å². The van der Waals surface area contributed by atoms with Crippen LogP contribution in [-0.2, 0) is 0 Å². The minimum Gasteiger partial charge on any atom is -0.478 e. The summed E-state index contributed by atoms with van der Waals surface area (Å²) in [5.74, 6) is -1.03. The molecule has 88 valence electrons. The first-order valence-corrected chi connectivity index (χ1v) is 5.37. The smallest absolute Gasteiger partial charge is 0.339 e. The third kappa shape index (κ3) is 1.53. The topological polar surface area (TPSA) is 78.9 Å². The van der Waals surface area contributed by atoms with Gasteiger partial charge in [-0.15, -0.1) is 0 Å². The molecule has 0 bridgehead atoms. The second-order valence-corrected chi connectivity index (χ2v) is 3.84. The van der Waals surface area contributed by atoms with Crippen molar-refractivity contribution in [3.8, 4) is 11.3 Å². The number of carbonyl (C=O) groups is 1. The molecular weight excluding hydrogens is 230 g/mol. The van der Waals surface area contributed by atoms with Gasteiger partial charge in [0.2, 0.25) is 0 Å². The van der Waals surface area contributed by atoms with Crippen molar-refractivity contribution in [1.82, 2.24) is 15.0 Å². The Hall–Kier alpha value is -2.69. The maximum Gasteiger partial charge on any atom is 0.339 e. The molecule has 5 nitrogen and oxygen atoms in total. The highest BCUT2D eigenvalue weighted by atomic mass is 16.4. The monoisotopic (exact) mass is 239 g/mol. The third-order valence-electron chi connectivity index (χ3n) is 2.79. The van der Waals surface area contributed by atoms with Crippen molar-refractivity contribution in [2.24, 2.45) is 0 Å². The molecule has 0 saturated heterocycles. The molecule has 3 aromatic rings. The minimum atomic E-state index is -1.03. The molecule has 2 N–H and O–H groups in total. The number of fused-ring (bicyclic) bond motifs is 1. The van der Waals surface area contributed by atoms with Gasteiger partial charge in [0.25, 0.3) is 0 Å². The summed E-state index contributed by atoms with van der Waals surface area (Å²) in [6, 6.07) is 7.68. The molecule has 0 aliphatic rings. The molecule has 2 heterocycles. The fourth-order valence-corrected chi connectivity index (χ4v) is 1.97. The van der Waals surface area contributed by atoms with Crippen molar-refractivity contribution >= 4 is 16.9 Å². The van der Waals surface area contributed by atoms with Gasteiger partial charge in [0, 0.05) is 28.9 Å². The Balaban J connectivity index is 2.30. The standard InChI is InChI=1S/C13H9N3O2/c17-13(18)10-5-14-7-16-12(10)9-6-15-11-4-2-1-3-8(9)11/h1-7,15H,(H,17,18). The Kier molecular flexibility index (Phi) is 2.30. The quantitative estimate of drug-likeness (QED) is 0.719. The molecule has 2 aromatic heterocycles. The van der Waals surface area contributed by atoms with Crippen LogP contribution in [0.5, 0.6) is 0 Å². The third-order valence-corrected chi connectivity index (χ3v) is 2.79. The summed E-state index contributed by atoms with van der Waals surface area (Å²) in [7, 11) is 0. The number of aromatic amines is 1. The van der Waals surface area contributed by atoms with Crippen molar-refractivity contribution < 1.29 is 9.90 Å². The number of hydrogen-bond acceptors (Lipinski definition) is 3. The van der Waals surface area contributed by atoms with Crippen LogP contribution in [0.15, 0.2) is 43.0 Å². The van der Waals surface area contributed by atoms with Crippen LogP contribution in [0.3, 0.4) is 0 Å². The van der Waals surface area contributed by atoms with Gasteiger partial charge in [-0.25, -0.2) is 14.8 Å². The van der Waals surface area contributed by atoms with E-state index in [1.807, 2.05) is 24.3 Å². The van der Waals surface area contributed by atoms with Gasteiger partial charge in [-0.2, -0.15) is 0 Å². The lowest BCUT2D eigenvalue weighted by atomic mass is 10.1. The zero-order chi connectivity index (χ0) is 12.5. The van der Waals surface area contributed by atoms with E-state index < -0.39 is 5.97 Å². The maximum atomic E-state index is 11.2. The summed E-state index contributed by atoms with van der Waals surface area (Å²) < 4.78 is 0. The summed E-state index contributed by atoms with van der Waals surface area (Å²) in [5.41, 5.74) is 2.24. The van der Waals surface area contributed by atoms with Gasteiger partial charge >= 0.3 is 5.97 Å². The first-order valence-electron chi connectivity index (χ1n) is 5.37. The van der Waals surface area contributed by atoms with Crippen molar-refractivity contribution in [3.63, 3.8) is 0 Å². The van der Waals surface area contributed by atoms with E-state index in [9.17, 15) is 4.79 Å². The molecule has 0 spiro atoms. The van der Waals surface area contributed by atoms with E-state index >= 15 is 0 Å². The molecule has 0 fully saturated rings. The highest BCUT2D eigenvalue weighted by Gasteiger charge is 2.15. The Morgan fingerprint density at radius 2 is 2.11 bits per heavy atom. The van der Waals surface area contributed by atoms with E-state index in [1.54, 1.807) is 6.20 Å². The van der Waals surface area contributed by atoms with Gasteiger partial charge in [-0.3, -0.25) is 0 Å². The predicted octanol–water partition coefficient (Wildman–Crippen LogP) is 2.32. The highest BCUT2D eigenvalue weighted by Crippen LogP contribution is 2.28. The molecule has 0 amide bonds. The molecule has 1 aromatic carbocycles. The molecule has 0 aliphatic heterocycles. The Morgan fingerprint density at radius 3 is 2.94 bits per heavy atom. The van der Waals surface area contributed by atoms with E-state index in [2.05, 4.69) is 15.0 Å². The number of nitrogens with zero attached hydrogens (tertiary/aromatic N) is 2. The zero-order valence-corrected chi connectivity index (χ0v) is 9.29. The predicted molar refractivity (Wildman–Crippen MR) is 66.3 cm³/mol. The van der Waals surface area contributed by atoms with Crippen molar-refractivity contribution in [2.75, 3.05) is 0 Å². The molecule has 0 unspecified atom stereocenters. The Labute approximate surface area is 102 Å². The summed E-state index contributed by atoms with van der Waals surface area (Å²) in [6.45, 7) is 0. The van der Waals surface area contributed by atoms with Crippen molar-refractivity contribution in [1.29, 1.82) is 0 Å². The average molecular weight is 239 g/mol. The first kappa shape index (κ1) is 10.5. The maximum absolute atomic E-state index is 11.2. The van der Waals surface area contributed by atoms with Gasteiger partial charge in [0.05, 0.1) is 5.69 Å². The van der Waals surface area contributed by atoms with E-state index in [1.165, 1.54) is 12.5 Å². The van der Waals surface area contributed by atoms with Crippen molar-refractivity contribution in [2.45, 2.75) is 0 Å². The van der Waals surface area contributed by atoms with E-state index in [4.69, 9.17) is 5.11 Å². The van der Waals surface area contributed by atoms with Crippen LogP contribution in [-0.4, -0.2) is 26.0 Å². The minimum absolute atomic E-state index is 0.0993. The number of rotatable bonds is 2. The molecule has 0 atom stereocenters. The molecule has 5 heteroatoms. The second-order valence-electron chi connectivity index (χ2n) is 3.84. The summed E-state index contributed by atoms with van der Waals surface area (Å²) in [4.78, 5) is 22.1. The first-order chi connectivity index (χ1) is 8.77. The van der Waals surface area contributed by atoms with Crippen LogP contribution < -0.4 is 0 Å². The number of carboxylic acids is 1. The molecule has 0 radical (unpaired) electrons. The molecule has 3 rings (SSSR count). The van der Waals surface area contributed by atoms with Gasteiger partial charge in [-0.1, -0.05) is 18.2 Å². The number of hydrogen-bond donors (Lipinski definition) is 2. The summed E-state index contributed by atoms with van der Waals surface area (Å²) in [5, 5.41) is 10.1. The normalized spacial score (nSPS) is 10.7. The SMILES string of the molecule is O=C(O)c1cncnc1-c1c[nH]c2ccccc12. The van der Waals surface area contributed by atoms with E-state index in [0.717, 1.165) is 16.5 Å². The lowest BCUT2D eigenvalue weighted by molar-refractivity contribution is 0.0697. The van der Waals surface area contributed by atoms with Crippen LogP contribution in [0.1, 0.15) is 10.4 Å². The van der Waals surface area contributed by atoms with Crippen LogP contribution >= 0.6 is 0 Å². The highest BCUT2D eigenvalue weighted by molar-refractivity contribution is 6.01. The largest absolute Gasteiger partial charge is 0.478 e. The summed E-state index contributed by atoms with van der Waals surface area (Å²) in [6.07, 6.45) is 4.43. The Morgan fingerprint density at radius 1 is 1.28 bits per heavy atom. The fourth-order valence-electron chi connectivity index (χ4n) is 1.97. The molecule has 0 saturated carbocycles. The average Bonchev–Trinajstić information content (AvgIpc) is 2.82. The van der Waals surface area contributed by atoms with Crippen molar-refractivity contribution in [3.05, 3.63) is 48.5 Å². The van der Waals surface area contributed by atoms with E-state index in [-0.39, 0.29) is 5.56 Å². The molecule has 0 aliphatic carbocycles. The lowest BCUT2D eigenvalue weighted by Gasteiger charge is -2.02. The van der Waals surface area contributed by atoms with Crippen LogP contribution in [0.25, 0.3) is 22.2 Å². The Bertz CT molecular complexity index is 734. The number of para-hydroxylation sites is 1. The second kappa shape index (κ2) is 3.96. The number of benzene rings is 1. The number of aromatic carboxylic acids is 1. The van der Waals surface area contributed by atoms with Crippen LogP contribution in [0.4, 0.5) is 0 Å². The van der Waals surface area contributed by atoms with Gasteiger partial charge < -0.3 is 10.1 Å². The number of nitrogens with one attached hydrogen (secondary N) is 1. The molecular formula is C13H9N3O2. The molecule has 18 heavy (non-hydrogen) atoms. The zero-order valence-electron chi connectivity index (χ0n) is 9.29. The van der Waals surface area contributed by atoms with Crippen LogP contribution in [0, 0.1) is 0 Å². The van der Waals surface area contributed by atoms with Gasteiger partial charge in [-0.05, 0) is 6.07 Å². The number of carboxylic acid groups (broad SMARTS) is 1. The number of aromatic nitrogens is 3. The summed E-state index contributed by atoms with van der Waals surface area (Å²) >= 11 is 0. The number of H-pyrrole nitrogens is 1.